The Morgan fingerprint density at radius 2 is 1.96 bits per heavy atom. The molecule has 2 aromatic carbocycles. The van der Waals surface area contributed by atoms with Gasteiger partial charge in [-0.15, -0.1) is 4.40 Å². The van der Waals surface area contributed by atoms with Gasteiger partial charge in [0.25, 0.3) is 10.0 Å². The van der Waals surface area contributed by atoms with E-state index in [9.17, 15) is 18.3 Å². The molecule has 2 aromatic rings. The normalized spacial score (nSPS) is 15.0. The van der Waals surface area contributed by atoms with Crippen molar-refractivity contribution in [2.24, 2.45) is 9.50 Å². The smallest absolute Gasteiger partial charge is 0.339 e. The lowest BCUT2D eigenvalue weighted by molar-refractivity contribution is 0.0693. The Hall–Kier alpha value is -3.20. The highest BCUT2D eigenvalue weighted by molar-refractivity contribution is 7.90. The van der Waals surface area contributed by atoms with Crippen molar-refractivity contribution in [3.05, 3.63) is 59.2 Å². The first kappa shape index (κ1) is 16.7. The van der Waals surface area contributed by atoms with E-state index in [1.807, 2.05) is 0 Å². The monoisotopic (exact) mass is 359 g/mol. The molecular weight excluding hydrogens is 346 g/mol. The minimum atomic E-state index is -3.74. The van der Waals surface area contributed by atoms with E-state index in [0.717, 1.165) is 0 Å². The second-order valence-corrected chi connectivity index (χ2v) is 6.81. The fourth-order valence-electron chi connectivity index (χ4n) is 2.34. The molecular formula is C16H13N3O5S. The fraction of sp³-hybridized carbons (Fsp3) is 0.0625. The van der Waals surface area contributed by atoms with Crippen LogP contribution in [-0.2, 0) is 10.0 Å². The van der Waals surface area contributed by atoms with E-state index in [1.165, 1.54) is 42.5 Å². The SMILES string of the molecule is CN(N=Cc1ccc(O)c(C(=O)O)c1)C1=NS(=O)(=O)c2ccccc21. The van der Waals surface area contributed by atoms with Gasteiger partial charge in [0.1, 0.15) is 16.2 Å². The Balaban J connectivity index is 1.91. The van der Waals surface area contributed by atoms with Crippen LogP contribution in [0.5, 0.6) is 5.75 Å². The molecule has 0 amide bonds. The number of hydrogen-bond donors (Lipinski definition) is 2. The lowest BCUT2D eigenvalue weighted by atomic mass is 10.1. The van der Waals surface area contributed by atoms with Crippen molar-refractivity contribution in [2.45, 2.75) is 4.90 Å². The van der Waals surface area contributed by atoms with E-state index < -0.39 is 16.0 Å². The van der Waals surface area contributed by atoms with Crippen molar-refractivity contribution in [2.75, 3.05) is 7.05 Å². The molecule has 0 saturated carbocycles. The summed E-state index contributed by atoms with van der Waals surface area (Å²) in [5.41, 5.74) is 0.619. The Labute approximate surface area is 143 Å². The van der Waals surface area contributed by atoms with E-state index in [4.69, 9.17) is 5.11 Å². The van der Waals surface area contributed by atoms with Crippen molar-refractivity contribution < 1.29 is 23.4 Å². The minimum Gasteiger partial charge on any atom is -0.507 e. The predicted molar refractivity (Wildman–Crippen MR) is 90.6 cm³/mol. The highest BCUT2D eigenvalue weighted by atomic mass is 32.2. The van der Waals surface area contributed by atoms with E-state index in [1.54, 1.807) is 18.2 Å². The zero-order valence-corrected chi connectivity index (χ0v) is 13.8. The topological polar surface area (TPSA) is 120 Å². The highest BCUT2D eigenvalue weighted by Gasteiger charge is 2.30. The first-order valence-corrected chi connectivity index (χ1v) is 8.52. The molecule has 0 unspecified atom stereocenters. The number of nitrogens with zero attached hydrogens (tertiary/aromatic N) is 3. The largest absolute Gasteiger partial charge is 0.507 e. The van der Waals surface area contributed by atoms with E-state index in [0.29, 0.717) is 11.1 Å². The third-order valence-electron chi connectivity index (χ3n) is 3.55. The lowest BCUT2D eigenvalue weighted by Crippen LogP contribution is -2.21. The fourth-order valence-corrected chi connectivity index (χ4v) is 3.57. The van der Waals surface area contributed by atoms with Gasteiger partial charge in [0.2, 0.25) is 0 Å². The summed E-state index contributed by atoms with van der Waals surface area (Å²) in [6.45, 7) is 0. The van der Waals surface area contributed by atoms with Gasteiger partial charge in [-0.3, -0.25) is 0 Å². The van der Waals surface area contributed by atoms with Crippen LogP contribution in [0.2, 0.25) is 0 Å². The predicted octanol–water partition coefficient (Wildman–Crippen LogP) is 1.51. The van der Waals surface area contributed by atoms with Gasteiger partial charge in [-0.05, 0) is 35.9 Å². The molecule has 9 heteroatoms. The number of carbonyl (C=O) groups is 1. The molecule has 2 N–H and O–H groups in total. The maximum Gasteiger partial charge on any atom is 0.339 e. The third kappa shape index (κ3) is 3.09. The number of fused-ring (bicyclic) bond motifs is 1. The number of aromatic carboxylic acids is 1. The zero-order chi connectivity index (χ0) is 18.2. The summed E-state index contributed by atoms with van der Waals surface area (Å²) in [5, 5.41) is 23.9. The number of carboxylic acid groups (broad SMARTS) is 1. The Morgan fingerprint density at radius 3 is 2.68 bits per heavy atom. The molecule has 0 aliphatic carbocycles. The average Bonchev–Trinajstić information content (AvgIpc) is 2.85. The van der Waals surface area contributed by atoms with Gasteiger partial charge in [-0.2, -0.15) is 13.5 Å². The number of hydrogen-bond acceptors (Lipinski definition) is 6. The van der Waals surface area contributed by atoms with Gasteiger partial charge >= 0.3 is 5.97 Å². The second-order valence-electron chi connectivity index (χ2n) is 5.24. The first-order chi connectivity index (χ1) is 11.8. The molecule has 0 fully saturated rings. The molecule has 0 radical (unpaired) electrons. The van der Waals surface area contributed by atoms with Gasteiger partial charge in [0.15, 0.2) is 5.84 Å². The van der Waals surface area contributed by atoms with Crippen molar-refractivity contribution >= 4 is 28.0 Å². The number of rotatable bonds is 3. The Morgan fingerprint density at radius 1 is 1.24 bits per heavy atom. The van der Waals surface area contributed by atoms with Crippen LogP contribution in [0.1, 0.15) is 21.5 Å². The number of carboxylic acids is 1. The van der Waals surface area contributed by atoms with Crippen molar-refractivity contribution in [3.63, 3.8) is 0 Å². The van der Waals surface area contributed by atoms with Crippen LogP contribution in [0.4, 0.5) is 0 Å². The number of hydrazone groups is 1. The van der Waals surface area contributed by atoms with Gasteiger partial charge < -0.3 is 10.2 Å². The van der Waals surface area contributed by atoms with E-state index in [2.05, 4.69) is 9.50 Å². The molecule has 1 aliphatic heterocycles. The van der Waals surface area contributed by atoms with E-state index >= 15 is 0 Å². The summed E-state index contributed by atoms with van der Waals surface area (Å²) in [5.74, 6) is -1.44. The van der Waals surface area contributed by atoms with Gasteiger partial charge in [0, 0.05) is 12.6 Å². The second kappa shape index (κ2) is 6.02. The van der Waals surface area contributed by atoms with Crippen molar-refractivity contribution in [1.29, 1.82) is 0 Å². The molecule has 0 aromatic heterocycles. The molecule has 1 heterocycles. The Bertz CT molecular complexity index is 1030. The molecule has 0 saturated heterocycles. The number of sulfonamides is 1. The van der Waals surface area contributed by atoms with Gasteiger partial charge in [-0.1, -0.05) is 12.1 Å². The highest BCUT2D eigenvalue weighted by Crippen LogP contribution is 2.27. The molecule has 25 heavy (non-hydrogen) atoms. The van der Waals surface area contributed by atoms with Crippen LogP contribution < -0.4 is 0 Å². The van der Waals surface area contributed by atoms with Crippen LogP contribution >= 0.6 is 0 Å². The first-order valence-electron chi connectivity index (χ1n) is 7.08. The van der Waals surface area contributed by atoms with Crippen LogP contribution in [-0.4, -0.2) is 48.7 Å². The van der Waals surface area contributed by atoms with Gasteiger partial charge in [0.05, 0.1) is 6.21 Å². The maximum atomic E-state index is 12.0. The quantitative estimate of drug-likeness (QED) is 0.633. The molecule has 1 aliphatic rings. The van der Waals surface area contributed by atoms with Crippen molar-refractivity contribution in [3.8, 4) is 5.75 Å². The molecule has 0 spiro atoms. The number of benzene rings is 2. The third-order valence-corrected chi connectivity index (χ3v) is 4.88. The number of amidine groups is 1. The molecule has 8 nitrogen and oxygen atoms in total. The average molecular weight is 359 g/mol. The van der Waals surface area contributed by atoms with Crippen LogP contribution in [0.25, 0.3) is 0 Å². The standard InChI is InChI=1S/C16H13N3O5S/c1-19(15-11-4-2-3-5-14(11)25(23,24)18-15)17-9-10-6-7-13(20)12(8-10)16(21)22/h2-9,20H,1H3,(H,21,22). The lowest BCUT2D eigenvalue weighted by Gasteiger charge is -2.12. The van der Waals surface area contributed by atoms with E-state index in [-0.39, 0.29) is 22.0 Å². The summed E-state index contributed by atoms with van der Waals surface area (Å²) in [6.07, 6.45) is 1.35. The van der Waals surface area contributed by atoms with Crippen molar-refractivity contribution in [1.82, 2.24) is 5.01 Å². The zero-order valence-electron chi connectivity index (χ0n) is 13.0. The summed E-state index contributed by atoms with van der Waals surface area (Å²) < 4.78 is 27.8. The molecule has 0 atom stereocenters. The Kier molecular flexibility index (Phi) is 4.01. The summed E-state index contributed by atoms with van der Waals surface area (Å²) >= 11 is 0. The maximum absolute atomic E-state index is 12.0. The summed E-state index contributed by atoms with van der Waals surface area (Å²) in [6, 6.07) is 10.4. The molecule has 0 bridgehead atoms. The number of phenols is 1. The minimum absolute atomic E-state index is 0.116. The van der Waals surface area contributed by atoms with Gasteiger partial charge in [-0.25, -0.2) is 9.80 Å². The molecule has 128 valence electrons. The number of aromatic hydroxyl groups is 1. The summed E-state index contributed by atoms with van der Waals surface area (Å²) in [7, 11) is -2.21. The molecule has 3 rings (SSSR count). The van der Waals surface area contributed by atoms with Crippen LogP contribution in [0.3, 0.4) is 0 Å². The summed E-state index contributed by atoms with van der Waals surface area (Å²) in [4.78, 5) is 11.1. The van der Waals surface area contributed by atoms with Crippen LogP contribution in [0, 0.1) is 0 Å². The van der Waals surface area contributed by atoms with Crippen LogP contribution in [0.15, 0.2) is 56.9 Å².